The summed E-state index contributed by atoms with van der Waals surface area (Å²) in [6.45, 7) is 2.18. The lowest BCUT2D eigenvalue weighted by molar-refractivity contribution is 0.700. The van der Waals surface area contributed by atoms with Gasteiger partial charge >= 0.3 is 0 Å². The number of para-hydroxylation sites is 2. The van der Waals surface area contributed by atoms with Crippen molar-refractivity contribution in [3.05, 3.63) is 40.5 Å². The number of imidazole rings is 1. The first-order valence-corrected chi connectivity index (χ1v) is 8.89. The van der Waals surface area contributed by atoms with Crippen molar-refractivity contribution in [2.24, 2.45) is 0 Å². The van der Waals surface area contributed by atoms with Crippen LogP contribution in [0.5, 0.6) is 0 Å². The molecule has 0 aliphatic heterocycles. The second kappa shape index (κ2) is 4.53. The van der Waals surface area contributed by atoms with Crippen LogP contribution in [0.2, 0.25) is 0 Å². The summed E-state index contributed by atoms with van der Waals surface area (Å²) in [4.78, 5) is 12.7. The fraction of sp³-hybridized carbons (Fsp3) is 0.333. The predicted octanol–water partition coefficient (Wildman–Crippen LogP) is 4.54. The van der Waals surface area contributed by atoms with Crippen LogP contribution in [-0.2, 0) is 19.3 Å². The molecule has 5 rings (SSSR count). The molecular weight excluding hydrogens is 290 g/mol. The summed E-state index contributed by atoms with van der Waals surface area (Å²) < 4.78 is 2.28. The fourth-order valence-electron chi connectivity index (χ4n) is 3.72. The fourth-order valence-corrected chi connectivity index (χ4v) is 4.99. The molecule has 0 saturated carbocycles. The maximum atomic E-state index is 4.99. The third-order valence-corrected chi connectivity index (χ3v) is 5.93. The van der Waals surface area contributed by atoms with Crippen LogP contribution in [0.3, 0.4) is 0 Å². The van der Waals surface area contributed by atoms with Crippen molar-refractivity contribution in [1.29, 1.82) is 0 Å². The Hall–Kier alpha value is -1.94. The van der Waals surface area contributed by atoms with E-state index < -0.39 is 0 Å². The molecule has 0 amide bonds. The Kier molecular flexibility index (Phi) is 2.59. The lowest BCUT2D eigenvalue weighted by Gasteiger charge is -2.10. The van der Waals surface area contributed by atoms with Crippen molar-refractivity contribution in [1.82, 2.24) is 14.4 Å². The van der Waals surface area contributed by atoms with Gasteiger partial charge in [-0.15, -0.1) is 11.3 Å². The van der Waals surface area contributed by atoms with Crippen molar-refractivity contribution < 1.29 is 0 Å². The van der Waals surface area contributed by atoms with Crippen LogP contribution in [0.1, 0.15) is 36.0 Å². The Morgan fingerprint density at radius 2 is 2.00 bits per heavy atom. The van der Waals surface area contributed by atoms with Gasteiger partial charge in [0.1, 0.15) is 16.3 Å². The second-order valence-electron chi connectivity index (χ2n) is 6.03. The topological polar surface area (TPSA) is 30.2 Å². The number of hydrogen-bond donors (Lipinski definition) is 0. The van der Waals surface area contributed by atoms with Gasteiger partial charge in [0.25, 0.3) is 0 Å². The summed E-state index contributed by atoms with van der Waals surface area (Å²) in [5.74, 6) is 1.12. The summed E-state index contributed by atoms with van der Waals surface area (Å²) in [6, 6.07) is 8.41. The quantitative estimate of drug-likeness (QED) is 0.517. The Bertz CT molecular complexity index is 1030. The Morgan fingerprint density at radius 1 is 1.14 bits per heavy atom. The summed E-state index contributed by atoms with van der Waals surface area (Å²) in [7, 11) is 0. The third kappa shape index (κ3) is 1.56. The number of fused-ring (bicyclic) bond motifs is 7. The maximum absolute atomic E-state index is 4.99. The standard InChI is InChI=1S/C18H17N3S/c1-2-15-20-18-16(11-7-3-6-10-14(11)22-18)17-19-12-8-4-5-9-13(12)21(15)17/h4-5,8-9H,2-3,6-7,10H2,1H3. The van der Waals surface area contributed by atoms with Gasteiger partial charge in [-0.1, -0.05) is 19.1 Å². The molecule has 3 heterocycles. The lowest BCUT2D eigenvalue weighted by Crippen LogP contribution is -2.02. The molecule has 0 saturated heterocycles. The summed E-state index contributed by atoms with van der Waals surface area (Å²) in [5.41, 5.74) is 4.88. The van der Waals surface area contributed by atoms with Crippen LogP contribution < -0.4 is 0 Å². The van der Waals surface area contributed by atoms with E-state index in [1.54, 1.807) is 0 Å². The van der Waals surface area contributed by atoms with Gasteiger partial charge in [0.05, 0.1) is 16.4 Å². The lowest BCUT2D eigenvalue weighted by atomic mass is 9.97. The molecule has 0 bridgehead atoms. The van der Waals surface area contributed by atoms with Gasteiger partial charge < -0.3 is 0 Å². The van der Waals surface area contributed by atoms with Crippen LogP contribution in [-0.4, -0.2) is 14.4 Å². The third-order valence-electron chi connectivity index (χ3n) is 4.74. The highest BCUT2D eigenvalue weighted by Gasteiger charge is 2.22. The summed E-state index contributed by atoms with van der Waals surface area (Å²) in [5, 5.41) is 1.31. The molecule has 4 aromatic rings. The van der Waals surface area contributed by atoms with Crippen molar-refractivity contribution in [2.75, 3.05) is 0 Å². The van der Waals surface area contributed by atoms with E-state index in [1.165, 1.54) is 51.9 Å². The average Bonchev–Trinajstić information content (AvgIpc) is 3.11. The van der Waals surface area contributed by atoms with Gasteiger partial charge in [0.2, 0.25) is 0 Å². The molecule has 0 fully saturated rings. The number of thiophene rings is 1. The number of nitrogens with zero attached hydrogens (tertiary/aromatic N) is 3. The van der Waals surface area contributed by atoms with Crippen molar-refractivity contribution >= 4 is 38.2 Å². The maximum Gasteiger partial charge on any atom is 0.150 e. The molecule has 0 radical (unpaired) electrons. The number of aromatic nitrogens is 3. The highest BCUT2D eigenvalue weighted by molar-refractivity contribution is 7.19. The predicted molar refractivity (Wildman–Crippen MR) is 91.9 cm³/mol. The number of aryl methyl sites for hydroxylation is 3. The van der Waals surface area contributed by atoms with E-state index in [-0.39, 0.29) is 0 Å². The number of benzene rings is 1. The molecule has 3 nitrogen and oxygen atoms in total. The van der Waals surface area contributed by atoms with Gasteiger partial charge in [0, 0.05) is 11.3 Å². The molecule has 3 aromatic heterocycles. The first-order valence-electron chi connectivity index (χ1n) is 8.07. The normalized spacial score (nSPS) is 15.0. The average molecular weight is 307 g/mol. The molecule has 1 aliphatic rings. The minimum atomic E-state index is 0.926. The monoisotopic (exact) mass is 307 g/mol. The van der Waals surface area contributed by atoms with E-state index in [2.05, 4.69) is 35.6 Å². The molecule has 0 N–H and O–H groups in total. The van der Waals surface area contributed by atoms with E-state index >= 15 is 0 Å². The van der Waals surface area contributed by atoms with Crippen LogP contribution in [0.25, 0.3) is 26.9 Å². The van der Waals surface area contributed by atoms with E-state index in [0.717, 1.165) is 23.4 Å². The number of hydrogen-bond acceptors (Lipinski definition) is 3. The second-order valence-corrected chi connectivity index (χ2v) is 7.12. The van der Waals surface area contributed by atoms with E-state index in [4.69, 9.17) is 9.97 Å². The molecule has 4 heteroatoms. The minimum Gasteiger partial charge on any atom is -0.280 e. The zero-order chi connectivity index (χ0) is 14.7. The smallest absolute Gasteiger partial charge is 0.150 e. The zero-order valence-corrected chi connectivity index (χ0v) is 13.4. The molecule has 0 spiro atoms. The SMILES string of the molecule is CCc1nc2sc3c(c2c2nc4ccccc4n12)CCCC3. The summed E-state index contributed by atoms with van der Waals surface area (Å²) >= 11 is 1.89. The van der Waals surface area contributed by atoms with Crippen molar-refractivity contribution in [3.8, 4) is 0 Å². The highest BCUT2D eigenvalue weighted by atomic mass is 32.1. The first-order chi connectivity index (χ1) is 10.9. The Morgan fingerprint density at radius 3 is 2.91 bits per heavy atom. The van der Waals surface area contributed by atoms with Crippen LogP contribution in [0, 0.1) is 0 Å². The molecule has 0 unspecified atom stereocenters. The molecule has 110 valence electrons. The zero-order valence-electron chi connectivity index (χ0n) is 12.6. The largest absolute Gasteiger partial charge is 0.280 e. The van der Waals surface area contributed by atoms with Gasteiger partial charge in [-0.25, -0.2) is 9.97 Å². The number of rotatable bonds is 1. The van der Waals surface area contributed by atoms with Gasteiger partial charge in [-0.3, -0.25) is 4.40 Å². The van der Waals surface area contributed by atoms with Gasteiger partial charge in [-0.05, 0) is 43.4 Å². The van der Waals surface area contributed by atoms with Crippen LogP contribution in [0.4, 0.5) is 0 Å². The molecule has 0 atom stereocenters. The molecule has 1 aliphatic carbocycles. The minimum absolute atomic E-state index is 0.926. The van der Waals surface area contributed by atoms with Crippen molar-refractivity contribution in [3.63, 3.8) is 0 Å². The Labute approximate surface area is 132 Å². The van der Waals surface area contributed by atoms with Gasteiger partial charge in [0.15, 0.2) is 0 Å². The highest BCUT2D eigenvalue weighted by Crippen LogP contribution is 2.38. The van der Waals surface area contributed by atoms with Crippen molar-refractivity contribution in [2.45, 2.75) is 39.0 Å². The van der Waals surface area contributed by atoms with E-state index in [1.807, 2.05) is 11.3 Å². The van der Waals surface area contributed by atoms with Gasteiger partial charge in [-0.2, -0.15) is 0 Å². The van der Waals surface area contributed by atoms with Crippen LogP contribution in [0.15, 0.2) is 24.3 Å². The van der Waals surface area contributed by atoms with E-state index in [0.29, 0.717) is 0 Å². The molecule has 22 heavy (non-hydrogen) atoms. The first kappa shape index (κ1) is 12.6. The Balaban J connectivity index is 2.04. The summed E-state index contributed by atoms with van der Waals surface area (Å²) in [6.07, 6.45) is 5.93. The van der Waals surface area contributed by atoms with Crippen LogP contribution >= 0.6 is 11.3 Å². The van der Waals surface area contributed by atoms with E-state index in [9.17, 15) is 0 Å². The molecule has 1 aromatic carbocycles. The molecular formula is C18H17N3S.